The lowest BCUT2D eigenvalue weighted by molar-refractivity contribution is 0.0632. The van der Waals surface area contributed by atoms with Gasteiger partial charge in [-0.3, -0.25) is 4.79 Å². The first-order valence-electron chi connectivity index (χ1n) is 6.93. The van der Waals surface area contributed by atoms with Gasteiger partial charge in [-0.25, -0.2) is 0 Å². The van der Waals surface area contributed by atoms with E-state index in [0.717, 1.165) is 30.3 Å². The Labute approximate surface area is 115 Å². The largest absolute Gasteiger partial charge is 0.338 e. The fourth-order valence-corrected chi connectivity index (χ4v) is 2.99. The molecule has 2 heterocycles. The molecule has 3 heteroatoms. The molecule has 18 heavy (non-hydrogen) atoms. The number of likely N-dealkylation sites (tertiary alicyclic amines) is 1. The van der Waals surface area contributed by atoms with Crippen LogP contribution in [-0.4, -0.2) is 23.9 Å². The summed E-state index contributed by atoms with van der Waals surface area (Å²) in [6, 6.07) is 3.97. The highest BCUT2D eigenvalue weighted by Crippen LogP contribution is 2.25. The smallest absolute Gasteiger partial charge is 0.263 e. The monoisotopic (exact) mass is 267 g/mol. The summed E-state index contributed by atoms with van der Waals surface area (Å²) in [6.45, 7) is 12.4. The molecule has 102 valence electrons. The van der Waals surface area contributed by atoms with E-state index >= 15 is 0 Å². The predicted octanol–water partition coefficient (Wildman–Crippen LogP) is 4.20. The summed E-state index contributed by atoms with van der Waals surface area (Å²) in [5.74, 6) is 1.59. The Balaban J connectivity index is 0.000000771. The van der Waals surface area contributed by atoms with Gasteiger partial charge in [0.1, 0.15) is 0 Å². The molecule has 0 aliphatic carbocycles. The number of hydrogen-bond acceptors (Lipinski definition) is 2. The molecular formula is C15H25NOS. The first-order chi connectivity index (χ1) is 8.58. The number of hydrogen-bond donors (Lipinski definition) is 0. The van der Waals surface area contributed by atoms with Crippen molar-refractivity contribution in [2.24, 2.45) is 11.8 Å². The van der Waals surface area contributed by atoms with E-state index in [1.165, 1.54) is 4.88 Å². The van der Waals surface area contributed by atoms with Gasteiger partial charge in [0.25, 0.3) is 5.91 Å². The third kappa shape index (κ3) is 3.58. The zero-order valence-corrected chi connectivity index (χ0v) is 13.0. The first-order valence-corrected chi connectivity index (χ1v) is 7.75. The zero-order chi connectivity index (χ0) is 13.7. The first kappa shape index (κ1) is 15.2. The fraction of sp³-hybridized carbons (Fsp3) is 0.667. The van der Waals surface area contributed by atoms with Crippen molar-refractivity contribution in [1.82, 2.24) is 4.90 Å². The van der Waals surface area contributed by atoms with E-state index in [9.17, 15) is 4.79 Å². The maximum absolute atomic E-state index is 12.2. The molecule has 2 rings (SSSR count). The van der Waals surface area contributed by atoms with Crippen molar-refractivity contribution in [3.8, 4) is 0 Å². The fourth-order valence-electron chi connectivity index (χ4n) is 2.15. The average molecular weight is 267 g/mol. The lowest BCUT2D eigenvalue weighted by Gasteiger charge is -2.35. The molecule has 1 saturated heterocycles. The highest BCUT2D eigenvalue weighted by Gasteiger charge is 2.26. The van der Waals surface area contributed by atoms with Gasteiger partial charge in [-0.1, -0.05) is 27.7 Å². The molecule has 1 aliphatic heterocycles. The van der Waals surface area contributed by atoms with Gasteiger partial charge in [-0.05, 0) is 37.3 Å². The van der Waals surface area contributed by atoms with E-state index in [1.54, 1.807) is 11.3 Å². The second kappa shape index (κ2) is 6.93. The molecule has 2 unspecified atom stereocenters. The van der Waals surface area contributed by atoms with Gasteiger partial charge in [0.2, 0.25) is 0 Å². The second-order valence-corrected chi connectivity index (χ2v) is 6.19. The summed E-state index contributed by atoms with van der Waals surface area (Å²) < 4.78 is 0. The molecule has 0 saturated carbocycles. The van der Waals surface area contributed by atoms with E-state index in [1.807, 2.05) is 37.8 Å². The quantitative estimate of drug-likeness (QED) is 0.746. The molecule has 1 aliphatic rings. The van der Waals surface area contributed by atoms with E-state index in [0.29, 0.717) is 5.92 Å². The lowest BCUT2D eigenvalue weighted by Crippen LogP contribution is -2.41. The Hall–Kier alpha value is -0.830. The standard InChI is InChI=1S/C13H19NOS.C2H6/c1-9-6-7-14(8-10(9)2)13(15)12-5-4-11(3)16-12;1-2/h4-5,9-10H,6-8H2,1-3H3;1-2H3. The molecule has 1 aromatic heterocycles. The van der Waals surface area contributed by atoms with Crippen LogP contribution in [0.1, 0.15) is 48.7 Å². The number of amides is 1. The number of rotatable bonds is 1. The number of piperidine rings is 1. The van der Waals surface area contributed by atoms with Crippen LogP contribution in [0, 0.1) is 18.8 Å². The Bertz CT molecular complexity index is 386. The van der Waals surface area contributed by atoms with E-state index in [4.69, 9.17) is 0 Å². The minimum Gasteiger partial charge on any atom is -0.338 e. The number of thiophene rings is 1. The van der Waals surface area contributed by atoms with Crippen LogP contribution in [0.3, 0.4) is 0 Å². The van der Waals surface area contributed by atoms with Gasteiger partial charge >= 0.3 is 0 Å². The van der Waals surface area contributed by atoms with Gasteiger partial charge in [-0.2, -0.15) is 0 Å². The minimum atomic E-state index is 0.219. The lowest BCUT2D eigenvalue weighted by atomic mass is 9.88. The highest BCUT2D eigenvalue weighted by molar-refractivity contribution is 7.13. The van der Waals surface area contributed by atoms with Gasteiger partial charge < -0.3 is 4.90 Å². The molecule has 0 spiro atoms. The SMILES string of the molecule is CC.Cc1ccc(C(=O)N2CCC(C)C(C)C2)s1. The van der Waals surface area contributed by atoms with Crippen molar-refractivity contribution in [3.63, 3.8) is 0 Å². The summed E-state index contributed by atoms with van der Waals surface area (Å²) in [4.78, 5) is 16.3. The molecular weight excluding hydrogens is 242 g/mol. The van der Waals surface area contributed by atoms with Crippen molar-refractivity contribution in [3.05, 3.63) is 21.9 Å². The summed E-state index contributed by atoms with van der Waals surface area (Å²) in [5, 5.41) is 0. The van der Waals surface area contributed by atoms with Gasteiger partial charge in [0.15, 0.2) is 0 Å². The Morgan fingerprint density at radius 2 is 1.94 bits per heavy atom. The van der Waals surface area contributed by atoms with Crippen LogP contribution < -0.4 is 0 Å². The third-order valence-corrected chi connectivity index (χ3v) is 4.56. The summed E-state index contributed by atoms with van der Waals surface area (Å²) in [6.07, 6.45) is 1.14. The van der Waals surface area contributed by atoms with Crippen LogP contribution in [0.25, 0.3) is 0 Å². The molecule has 0 N–H and O–H groups in total. The maximum atomic E-state index is 12.2. The van der Waals surface area contributed by atoms with Crippen LogP contribution in [-0.2, 0) is 0 Å². The molecule has 0 aromatic carbocycles. The number of aryl methyl sites for hydroxylation is 1. The Morgan fingerprint density at radius 3 is 2.44 bits per heavy atom. The normalized spacial score (nSPS) is 23.3. The van der Waals surface area contributed by atoms with E-state index in [2.05, 4.69) is 13.8 Å². The molecule has 1 aromatic rings. The van der Waals surface area contributed by atoms with Gasteiger partial charge in [-0.15, -0.1) is 11.3 Å². The topological polar surface area (TPSA) is 20.3 Å². The molecule has 2 atom stereocenters. The molecule has 0 bridgehead atoms. The van der Waals surface area contributed by atoms with Crippen LogP contribution in [0.4, 0.5) is 0 Å². The molecule has 0 radical (unpaired) electrons. The van der Waals surface area contributed by atoms with Crippen molar-refractivity contribution in [1.29, 1.82) is 0 Å². The summed E-state index contributed by atoms with van der Waals surface area (Å²) in [7, 11) is 0. The highest BCUT2D eigenvalue weighted by atomic mass is 32.1. The number of carbonyl (C=O) groups excluding carboxylic acids is 1. The van der Waals surface area contributed by atoms with Crippen LogP contribution >= 0.6 is 11.3 Å². The third-order valence-electron chi connectivity index (χ3n) is 3.57. The summed E-state index contributed by atoms with van der Waals surface area (Å²) >= 11 is 1.60. The van der Waals surface area contributed by atoms with Crippen molar-refractivity contribution in [2.75, 3.05) is 13.1 Å². The molecule has 1 amide bonds. The second-order valence-electron chi connectivity index (χ2n) is 4.90. The van der Waals surface area contributed by atoms with E-state index < -0.39 is 0 Å². The van der Waals surface area contributed by atoms with Crippen LogP contribution in [0.5, 0.6) is 0 Å². The predicted molar refractivity (Wildman–Crippen MR) is 79.3 cm³/mol. The van der Waals surface area contributed by atoms with Crippen molar-refractivity contribution in [2.45, 2.75) is 41.0 Å². The van der Waals surface area contributed by atoms with Crippen LogP contribution in [0.2, 0.25) is 0 Å². The van der Waals surface area contributed by atoms with E-state index in [-0.39, 0.29) is 5.91 Å². The van der Waals surface area contributed by atoms with Crippen molar-refractivity contribution >= 4 is 17.2 Å². The number of nitrogens with zero attached hydrogens (tertiary/aromatic N) is 1. The molecule has 1 fully saturated rings. The van der Waals surface area contributed by atoms with Gasteiger partial charge in [0, 0.05) is 18.0 Å². The Kier molecular flexibility index (Phi) is 5.86. The Morgan fingerprint density at radius 1 is 1.28 bits per heavy atom. The summed E-state index contributed by atoms with van der Waals surface area (Å²) in [5.41, 5.74) is 0. The number of carbonyl (C=O) groups is 1. The van der Waals surface area contributed by atoms with Crippen LogP contribution in [0.15, 0.2) is 12.1 Å². The maximum Gasteiger partial charge on any atom is 0.263 e. The van der Waals surface area contributed by atoms with Gasteiger partial charge in [0.05, 0.1) is 4.88 Å². The zero-order valence-electron chi connectivity index (χ0n) is 12.2. The average Bonchev–Trinajstić information content (AvgIpc) is 2.81. The molecule has 2 nitrogen and oxygen atoms in total. The minimum absolute atomic E-state index is 0.219. The van der Waals surface area contributed by atoms with Crippen molar-refractivity contribution < 1.29 is 4.79 Å².